The molecule has 0 spiro atoms. The second-order valence-electron chi connectivity index (χ2n) is 3.92. The third-order valence-electron chi connectivity index (χ3n) is 2.49. The predicted octanol–water partition coefficient (Wildman–Crippen LogP) is 2.54. The number of nitro groups is 2. The van der Waals surface area contributed by atoms with E-state index in [-0.39, 0.29) is 29.1 Å². The standard InChI is InChI=1S/C11H9BrN4O5/c12-10-7-14(13-11(10)16(19)20)4-5-21-9-3-1-2-8(6-9)15(17)18/h1-3,6-7H,4-5H2. The minimum absolute atomic E-state index is 0.0648. The van der Waals surface area contributed by atoms with Crippen molar-refractivity contribution >= 4 is 27.4 Å². The maximum Gasteiger partial charge on any atom is 0.404 e. The van der Waals surface area contributed by atoms with Gasteiger partial charge >= 0.3 is 5.82 Å². The van der Waals surface area contributed by atoms with Crippen LogP contribution in [-0.2, 0) is 6.54 Å². The summed E-state index contributed by atoms with van der Waals surface area (Å²) in [6, 6.07) is 5.78. The molecule has 1 heterocycles. The topological polar surface area (TPSA) is 113 Å². The summed E-state index contributed by atoms with van der Waals surface area (Å²) >= 11 is 3.04. The van der Waals surface area contributed by atoms with E-state index < -0.39 is 9.85 Å². The van der Waals surface area contributed by atoms with E-state index in [4.69, 9.17) is 4.74 Å². The van der Waals surface area contributed by atoms with Crippen molar-refractivity contribution in [3.05, 3.63) is 55.2 Å². The van der Waals surface area contributed by atoms with Crippen molar-refractivity contribution in [2.45, 2.75) is 6.54 Å². The highest BCUT2D eigenvalue weighted by Crippen LogP contribution is 2.22. The zero-order valence-corrected chi connectivity index (χ0v) is 12.1. The Morgan fingerprint density at radius 1 is 1.29 bits per heavy atom. The normalized spacial score (nSPS) is 10.3. The Kier molecular flexibility index (Phi) is 4.48. The van der Waals surface area contributed by atoms with Crippen LogP contribution in [0.4, 0.5) is 11.5 Å². The number of benzene rings is 1. The molecule has 1 aromatic carbocycles. The monoisotopic (exact) mass is 356 g/mol. The summed E-state index contributed by atoms with van der Waals surface area (Å²) in [6.07, 6.45) is 1.47. The lowest BCUT2D eigenvalue weighted by molar-refractivity contribution is -0.390. The second-order valence-corrected chi connectivity index (χ2v) is 4.78. The summed E-state index contributed by atoms with van der Waals surface area (Å²) in [6.45, 7) is 0.446. The summed E-state index contributed by atoms with van der Waals surface area (Å²) in [7, 11) is 0. The van der Waals surface area contributed by atoms with E-state index in [2.05, 4.69) is 21.0 Å². The maximum atomic E-state index is 10.6. The second kappa shape index (κ2) is 6.31. The summed E-state index contributed by atoms with van der Waals surface area (Å²) < 4.78 is 7.00. The van der Waals surface area contributed by atoms with Gasteiger partial charge in [-0.1, -0.05) is 6.07 Å². The molecule has 0 saturated heterocycles. The Balaban J connectivity index is 1.95. The first-order valence-corrected chi connectivity index (χ1v) is 6.51. The summed E-state index contributed by atoms with van der Waals surface area (Å²) in [5, 5.41) is 25.0. The third-order valence-corrected chi connectivity index (χ3v) is 3.05. The number of ether oxygens (including phenoxy) is 1. The number of hydrogen-bond donors (Lipinski definition) is 0. The number of non-ortho nitro benzene ring substituents is 1. The largest absolute Gasteiger partial charge is 0.491 e. The molecule has 0 atom stereocenters. The molecule has 0 aliphatic carbocycles. The molecule has 0 bridgehead atoms. The van der Waals surface area contributed by atoms with Crippen LogP contribution < -0.4 is 4.74 Å². The number of hydrogen-bond acceptors (Lipinski definition) is 6. The summed E-state index contributed by atoms with van der Waals surface area (Å²) in [5.74, 6) is 0.0790. The molecule has 0 unspecified atom stereocenters. The average molecular weight is 357 g/mol. The van der Waals surface area contributed by atoms with Gasteiger partial charge in [-0.3, -0.25) is 10.1 Å². The number of aromatic nitrogens is 2. The lowest BCUT2D eigenvalue weighted by Crippen LogP contribution is -2.09. The Bertz CT molecular complexity index is 687. The zero-order chi connectivity index (χ0) is 15.4. The lowest BCUT2D eigenvalue weighted by atomic mass is 10.3. The Hall–Kier alpha value is -2.49. The Morgan fingerprint density at radius 2 is 2.05 bits per heavy atom. The SMILES string of the molecule is O=[N+]([O-])c1cccc(OCCn2cc(Br)c([N+](=O)[O-])n2)c1. The van der Waals surface area contributed by atoms with Crippen molar-refractivity contribution < 1.29 is 14.6 Å². The van der Waals surface area contributed by atoms with E-state index in [1.165, 1.54) is 29.1 Å². The minimum Gasteiger partial charge on any atom is -0.491 e. The van der Waals surface area contributed by atoms with Gasteiger partial charge in [-0.2, -0.15) is 4.68 Å². The van der Waals surface area contributed by atoms with E-state index in [9.17, 15) is 20.2 Å². The van der Waals surface area contributed by atoms with Crippen LogP contribution in [0.25, 0.3) is 0 Å². The first-order chi connectivity index (χ1) is 9.97. The van der Waals surface area contributed by atoms with Gasteiger partial charge in [-0.15, -0.1) is 0 Å². The van der Waals surface area contributed by atoms with E-state index in [1.54, 1.807) is 6.07 Å². The molecule has 10 heteroatoms. The van der Waals surface area contributed by atoms with Crippen molar-refractivity contribution in [1.82, 2.24) is 9.78 Å². The van der Waals surface area contributed by atoms with Crippen LogP contribution in [0.15, 0.2) is 34.9 Å². The van der Waals surface area contributed by atoms with Crippen LogP contribution in [0.5, 0.6) is 5.75 Å². The maximum absolute atomic E-state index is 10.6. The van der Waals surface area contributed by atoms with Gasteiger partial charge in [-0.05, 0) is 26.9 Å². The van der Waals surface area contributed by atoms with Gasteiger partial charge in [0, 0.05) is 6.07 Å². The van der Waals surface area contributed by atoms with Crippen molar-refractivity contribution in [3.63, 3.8) is 0 Å². The quantitative estimate of drug-likeness (QED) is 0.580. The molecule has 0 amide bonds. The van der Waals surface area contributed by atoms with Gasteiger partial charge in [0.2, 0.25) is 0 Å². The molecular weight excluding hydrogens is 348 g/mol. The van der Waals surface area contributed by atoms with E-state index in [1.807, 2.05) is 0 Å². The van der Waals surface area contributed by atoms with Crippen LogP contribution in [-0.4, -0.2) is 26.2 Å². The van der Waals surface area contributed by atoms with Crippen LogP contribution in [0.1, 0.15) is 0 Å². The van der Waals surface area contributed by atoms with Crippen molar-refractivity contribution in [2.24, 2.45) is 0 Å². The van der Waals surface area contributed by atoms with Crippen LogP contribution in [0.3, 0.4) is 0 Å². The molecule has 21 heavy (non-hydrogen) atoms. The van der Waals surface area contributed by atoms with Crippen LogP contribution >= 0.6 is 15.9 Å². The smallest absolute Gasteiger partial charge is 0.404 e. The number of nitro benzene ring substituents is 1. The molecule has 0 radical (unpaired) electrons. The first-order valence-electron chi connectivity index (χ1n) is 5.72. The zero-order valence-electron chi connectivity index (χ0n) is 10.5. The lowest BCUT2D eigenvalue weighted by Gasteiger charge is -2.04. The van der Waals surface area contributed by atoms with Gasteiger partial charge < -0.3 is 14.9 Å². The number of nitrogens with zero attached hydrogens (tertiary/aromatic N) is 4. The summed E-state index contributed by atoms with van der Waals surface area (Å²) in [4.78, 5) is 20.1. The molecule has 2 rings (SSSR count). The molecular formula is C11H9BrN4O5. The van der Waals surface area contributed by atoms with Crippen molar-refractivity contribution in [1.29, 1.82) is 0 Å². The van der Waals surface area contributed by atoms with E-state index in [0.29, 0.717) is 5.75 Å². The molecule has 0 aliphatic heterocycles. The minimum atomic E-state index is -0.595. The summed E-state index contributed by atoms with van der Waals surface area (Å²) in [5.41, 5.74) is -0.0648. The molecule has 0 fully saturated rings. The molecule has 110 valence electrons. The molecule has 0 aliphatic rings. The fourth-order valence-electron chi connectivity index (χ4n) is 1.57. The third kappa shape index (κ3) is 3.75. The number of rotatable bonds is 6. The van der Waals surface area contributed by atoms with Gasteiger partial charge in [-0.25, -0.2) is 0 Å². The van der Waals surface area contributed by atoms with E-state index >= 15 is 0 Å². The van der Waals surface area contributed by atoms with Crippen molar-refractivity contribution in [3.8, 4) is 5.75 Å². The van der Waals surface area contributed by atoms with Gasteiger partial charge in [0.05, 0.1) is 28.8 Å². The van der Waals surface area contributed by atoms with Crippen LogP contribution in [0.2, 0.25) is 0 Å². The average Bonchev–Trinajstić information content (AvgIpc) is 2.80. The van der Waals surface area contributed by atoms with Crippen molar-refractivity contribution in [2.75, 3.05) is 6.61 Å². The fraction of sp³-hybridized carbons (Fsp3) is 0.182. The predicted molar refractivity (Wildman–Crippen MR) is 75.2 cm³/mol. The van der Waals surface area contributed by atoms with Gasteiger partial charge in [0.1, 0.15) is 16.8 Å². The van der Waals surface area contributed by atoms with Gasteiger partial charge in [0.15, 0.2) is 0 Å². The highest BCUT2D eigenvalue weighted by Gasteiger charge is 2.18. The Labute approximate surface area is 126 Å². The molecule has 0 N–H and O–H groups in total. The Morgan fingerprint density at radius 3 is 2.67 bits per heavy atom. The number of halogens is 1. The molecule has 0 saturated carbocycles. The van der Waals surface area contributed by atoms with E-state index in [0.717, 1.165) is 0 Å². The highest BCUT2D eigenvalue weighted by molar-refractivity contribution is 9.10. The molecule has 1 aromatic heterocycles. The molecule has 9 nitrogen and oxygen atoms in total. The van der Waals surface area contributed by atoms with Crippen LogP contribution in [0, 0.1) is 20.2 Å². The fourth-order valence-corrected chi connectivity index (χ4v) is 2.03. The first kappa shape index (κ1) is 14.9. The molecule has 2 aromatic rings. The highest BCUT2D eigenvalue weighted by atomic mass is 79.9. The van der Waals surface area contributed by atoms with Gasteiger partial charge in [0.25, 0.3) is 5.69 Å².